The summed E-state index contributed by atoms with van der Waals surface area (Å²) < 4.78 is 0. The number of carbonyl (C=O) groups is 3. The number of carbonyl (C=O) groups excluding carboxylic acids is 2. The van der Waals surface area contributed by atoms with Gasteiger partial charge in [-0.15, -0.1) is 0 Å². The quantitative estimate of drug-likeness (QED) is 0.459. The van der Waals surface area contributed by atoms with E-state index in [2.05, 4.69) is 10.6 Å². The number of carboxylic acid groups (broad SMARTS) is 1. The van der Waals surface area contributed by atoms with Crippen LogP contribution in [0.3, 0.4) is 0 Å². The molecular weight excluding hydrogens is 430 g/mol. The van der Waals surface area contributed by atoms with Crippen molar-refractivity contribution in [2.24, 2.45) is 0 Å². The van der Waals surface area contributed by atoms with Gasteiger partial charge in [0.05, 0.1) is 0 Å². The molecule has 0 fully saturated rings. The maximum atomic E-state index is 13.0. The van der Waals surface area contributed by atoms with E-state index in [0.29, 0.717) is 19.4 Å². The van der Waals surface area contributed by atoms with Crippen LogP contribution in [0.5, 0.6) is 0 Å². The molecule has 2 aromatic carbocycles. The van der Waals surface area contributed by atoms with Crippen molar-refractivity contribution in [3.05, 3.63) is 83.9 Å². The summed E-state index contributed by atoms with van der Waals surface area (Å²) in [6, 6.07) is 18.1. The first kappa shape index (κ1) is 26.6. The van der Waals surface area contributed by atoms with Crippen LogP contribution in [0.2, 0.25) is 0 Å². The van der Waals surface area contributed by atoms with E-state index in [9.17, 15) is 19.5 Å². The van der Waals surface area contributed by atoms with Crippen molar-refractivity contribution in [2.75, 3.05) is 0 Å². The predicted molar refractivity (Wildman–Crippen MR) is 133 cm³/mol. The second kappa shape index (κ2) is 12.6. The third kappa shape index (κ3) is 8.73. The molecule has 182 valence electrons. The second-order valence-electron chi connectivity index (χ2n) is 9.20. The van der Waals surface area contributed by atoms with E-state index < -0.39 is 29.6 Å². The number of amides is 3. The molecule has 2 rings (SSSR count). The number of nitrogens with zero attached hydrogens (tertiary/aromatic N) is 1. The zero-order chi connectivity index (χ0) is 25.1. The van der Waals surface area contributed by atoms with Gasteiger partial charge in [0.1, 0.15) is 6.04 Å². The Morgan fingerprint density at radius 1 is 0.971 bits per heavy atom. The normalized spacial score (nSPS) is 13.2. The molecule has 3 N–H and O–H groups in total. The fourth-order valence-corrected chi connectivity index (χ4v) is 3.68. The Hall–Kier alpha value is -3.61. The third-order valence-corrected chi connectivity index (χ3v) is 5.40. The van der Waals surface area contributed by atoms with Crippen LogP contribution < -0.4 is 10.6 Å². The zero-order valence-electron chi connectivity index (χ0n) is 20.3. The molecule has 2 atom stereocenters. The predicted octanol–water partition coefficient (Wildman–Crippen LogP) is 4.14. The van der Waals surface area contributed by atoms with Gasteiger partial charge in [-0.3, -0.25) is 14.5 Å². The first-order valence-electron chi connectivity index (χ1n) is 11.4. The van der Waals surface area contributed by atoms with Gasteiger partial charge >= 0.3 is 6.09 Å². The van der Waals surface area contributed by atoms with Crippen molar-refractivity contribution in [1.29, 1.82) is 0 Å². The van der Waals surface area contributed by atoms with Gasteiger partial charge in [-0.1, -0.05) is 66.7 Å². The van der Waals surface area contributed by atoms with E-state index >= 15 is 0 Å². The summed E-state index contributed by atoms with van der Waals surface area (Å²) in [4.78, 5) is 38.2. The van der Waals surface area contributed by atoms with Crippen LogP contribution in [-0.2, 0) is 22.6 Å². The Bertz CT molecular complexity index is 968. The van der Waals surface area contributed by atoms with Crippen LogP contribution in [0.1, 0.15) is 45.2 Å². The summed E-state index contributed by atoms with van der Waals surface area (Å²) in [5.41, 5.74) is 1.36. The van der Waals surface area contributed by atoms with Crippen molar-refractivity contribution < 1.29 is 19.5 Å². The average Bonchev–Trinajstić information content (AvgIpc) is 2.79. The molecule has 2 aromatic rings. The Labute approximate surface area is 201 Å². The standard InChI is InChI=1S/C27H35N3O4/c1-20(30(26(33)34)27(2,3)4)25(32)29-23(16-15-21-11-7-5-8-12-21)17-18-24(31)28-19-22-13-9-6-10-14-22/h5-14,17-18,20,23H,15-16,19H2,1-4H3,(H,28,31)(H,29,32)(H,33,34)/b18-17+/t20-,23-/m0/s1. The van der Waals surface area contributed by atoms with Gasteiger partial charge in [-0.25, -0.2) is 4.79 Å². The van der Waals surface area contributed by atoms with Crippen molar-refractivity contribution in [3.8, 4) is 0 Å². The Morgan fingerprint density at radius 3 is 2.06 bits per heavy atom. The number of hydrogen-bond donors (Lipinski definition) is 3. The van der Waals surface area contributed by atoms with Gasteiger partial charge in [-0.2, -0.15) is 0 Å². The molecule has 0 saturated heterocycles. The lowest BCUT2D eigenvalue weighted by Gasteiger charge is -2.37. The van der Waals surface area contributed by atoms with E-state index in [1.54, 1.807) is 33.8 Å². The van der Waals surface area contributed by atoms with Crippen LogP contribution in [0.15, 0.2) is 72.8 Å². The van der Waals surface area contributed by atoms with Gasteiger partial charge in [0.25, 0.3) is 0 Å². The van der Waals surface area contributed by atoms with Crippen molar-refractivity contribution in [3.63, 3.8) is 0 Å². The molecule has 0 radical (unpaired) electrons. The third-order valence-electron chi connectivity index (χ3n) is 5.40. The number of nitrogens with one attached hydrogen (secondary N) is 2. The van der Waals surface area contributed by atoms with E-state index in [0.717, 1.165) is 16.0 Å². The smallest absolute Gasteiger partial charge is 0.408 e. The molecule has 7 nitrogen and oxygen atoms in total. The summed E-state index contributed by atoms with van der Waals surface area (Å²) in [5, 5.41) is 15.4. The first-order chi connectivity index (χ1) is 16.1. The molecule has 0 heterocycles. The summed E-state index contributed by atoms with van der Waals surface area (Å²) in [5.74, 6) is -0.678. The number of hydrogen-bond acceptors (Lipinski definition) is 3. The molecule has 7 heteroatoms. The molecule has 0 aliphatic rings. The zero-order valence-corrected chi connectivity index (χ0v) is 20.3. The van der Waals surface area contributed by atoms with E-state index in [1.807, 2.05) is 60.7 Å². The van der Waals surface area contributed by atoms with Crippen LogP contribution in [0.4, 0.5) is 4.79 Å². The molecule has 0 unspecified atom stereocenters. The lowest BCUT2D eigenvalue weighted by atomic mass is 10.0. The van der Waals surface area contributed by atoms with Gasteiger partial charge < -0.3 is 15.7 Å². The monoisotopic (exact) mass is 465 g/mol. The lowest BCUT2D eigenvalue weighted by Crippen LogP contribution is -2.56. The minimum absolute atomic E-state index is 0.266. The highest BCUT2D eigenvalue weighted by Gasteiger charge is 2.35. The van der Waals surface area contributed by atoms with Crippen LogP contribution in [0.25, 0.3) is 0 Å². The van der Waals surface area contributed by atoms with Crippen LogP contribution in [0, 0.1) is 0 Å². The highest BCUT2D eigenvalue weighted by Crippen LogP contribution is 2.18. The maximum Gasteiger partial charge on any atom is 0.408 e. The van der Waals surface area contributed by atoms with E-state index in [-0.39, 0.29) is 5.91 Å². The van der Waals surface area contributed by atoms with Crippen LogP contribution in [-0.4, -0.2) is 45.5 Å². The first-order valence-corrected chi connectivity index (χ1v) is 11.4. The van der Waals surface area contributed by atoms with E-state index in [4.69, 9.17) is 0 Å². The topological polar surface area (TPSA) is 98.7 Å². The summed E-state index contributed by atoms with van der Waals surface area (Å²) in [6.07, 6.45) is 3.18. The molecule has 0 spiro atoms. The summed E-state index contributed by atoms with van der Waals surface area (Å²) in [7, 11) is 0. The molecule has 0 bridgehead atoms. The number of rotatable bonds is 10. The molecule has 0 aromatic heterocycles. The summed E-state index contributed by atoms with van der Waals surface area (Å²) in [6.45, 7) is 7.21. The second-order valence-corrected chi connectivity index (χ2v) is 9.20. The fraction of sp³-hybridized carbons (Fsp3) is 0.370. The summed E-state index contributed by atoms with van der Waals surface area (Å²) >= 11 is 0. The van der Waals surface area contributed by atoms with Gasteiger partial charge in [0.2, 0.25) is 11.8 Å². The molecular formula is C27H35N3O4. The number of benzene rings is 2. The molecule has 34 heavy (non-hydrogen) atoms. The van der Waals surface area contributed by atoms with Crippen molar-refractivity contribution in [1.82, 2.24) is 15.5 Å². The largest absolute Gasteiger partial charge is 0.465 e. The Balaban J connectivity index is 2.08. The Morgan fingerprint density at radius 2 is 1.53 bits per heavy atom. The highest BCUT2D eigenvalue weighted by atomic mass is 16.4. The van der Waals surface area contributed by atoms with Gasteiger partial charge in [-0.05, 0) is 51.7 Å². The minimum atomic E-state index is -1.16. The van der Waals surface area contributed by atoms with E-state index in [1.165, 1.54) is 6.08 Å². The van der Waals surface area contributed by atoms with Crippen molar-refractivity contribution >= 4 is 17.9 Å². The van der Waals surface area contributed by atoms with Crippen molar-refractivity contribution in [2.45, 2.75) is 64.7 Å². The van der Waals surface area contributed by atoms with Gasteiger partial charge in [0, 0.05) is 24.2 Å². The fourth-order valence-electron chi connectivity index (χ4n) is 3.68. The lowest BCUT2D eigenvalue weighted by molar-refractivity contribution is -0.127. The highest BCUT2D eigenvalue weighted by molar-refractivity contribution is 5.88. The maximum absolute atomic E-state index is 13.0. The van der Waals surface area contributed by atoms with Gasteiger partial charge in [0.15, 0.2) is 0 Å². The van der Waals surface area contributed by atoms with Crippen LogP contribution >= 0.6 is 0 Å². The minimum Gasteiger partial charge on any atom is -0.465 e. The molecule has 3 amide bonds. The Kier molecular flexibility index (Phi) is 9.86. The molecule has 0 saturated carbocycles. The molecule has 0 aliphatic heterocycles. The molecule has 0 aliphatic carbocycles. The average molecular weight is 466 g/mol. The SMILES string of the molecule is C[C@@H](C(=O)N[C@H](/C=C/C(=O)NCc1ccccc1)CCc1ccccc1)N(C(=O)O)C(C)(C)C. The number of aryl methyl sites for hydroxylation is 1.